The molecule has 1 fully saturated rings. The Balaban J connectivity index is 1.91. The van der Waals surface area contributed by atoms with Crippen LogP contribution < -0.4 is 5.32 Å². The predicted octanol–water partition coefficient (Wildman–Crippen LogP) is 2.71. The summed E-state index contributed by atoms with van der Waals surface area (Å²) in [4.78, 5) is 2.66. The first-order valence-corrected chi connectivity index (χ1v) is 7.62. The molecule has 19 heavy (non-hydrogen) atoms. The summed E-state index contributed by atoms with van der Waals surface area (Å²) in [5.41, 5.74) is 2.93. The van der Waals surface area contributed by atoms with Crippen molar-refractivity contribution in [1.29, 1.82) is 0 Å². The zero-order valence-corrected chi connectivity index (χ0v) is 12.7. The van der Waals surface area contributed by atoms with Crippen LogP contribution in [0.4, 0.5) is 0 Å². The van der Waals surface area contributed by atoms with E-state index in [0.29, 0.717) is 0 Å². The Morgan fingerprint density at radius 2 is 1.74 bits per heavy atom. The van der Waals surface area contributed by atoms with Gasteiger partial charge in [0.1, 0.15) is 0 Å². The van der Waals surface area contributed by atoms with E-state index in [9.17, 15) is 0 Å². The molecule has 0 aliphatic carbocycles. The van der Waals surface area contributed by atoms with Gasteiger partial charge in [-0.3, -0.25) is 0 Å². The molecule has 0 saturated carbocycles. The lowest BCUT2D eigenvalue weighted by Gasteiger charge is -2.31. The Kier molecular flexibility index (Phi) is 5.41. The van der Waals surface area contributed by atoms with Gasteiger partial charge in [-0.25, -0.2) is 0 Å². The Hall–Kier alpha value is -0.860. The maximum Gasteiger partial charge on any atom is 0.00222 e. The molecule has 1 N–H and O–H groups in total. The van der Waals surface area contributed by atoms with Crippen LogP contribution in [0.15, 0.2) is 24.3 Å². The molecule has 0 radical (unpaired) electrons. The molecule has 1 aliphatic rings. The van der Waals surface area contributed by atoms with Crippen LogP contribution in [0.2, 0.25) is 0 Å². The third kappa shape index (κ3) is 4.63. The fourth-order valence-electron chi connectivity index (χ4n) is 3.01. The van der Waals surface area contributed by atoms with E-state index in [1.807, 2.05) is 0 Å². The average Bonchev–Trinajstić information content (AvgIpc) is 2.35. The summed E-state index contributed by atoms with van der Waals surface area (Å²) in [7, 11) is 0. The van der Waals surface area contributed by atoms with Crippen LogP contribution in [0.3, 0.4) is 0 Å². The molecule has 1 saturated heterocycles. The van der Waals surface area contributed by atoms with Crippen molar-refractivity contribution in [2.45, 2.75) is 27.2 Å². The minimum absolute atomic E-state index is 0.754. The van der Waals surface area contributed by atoms with Crippen LogP contribution in [-0.2, 0) is 6.42 Å². The van der Waals surface area contributed by atoms with Crippen molar-refractivity contribution in [3.8, 4) is 0 Å². The van der Waals surface area contributed by atoms with Gasteiger partial charge in [0.25, 0.3) is 0 Å². The van der Waals surface area contributed by atoms with Gasteiger partial charge >= 0.3 is 0 Å². The molecule has 2 atom stereocenters. The lowest BCUT2D eigenvalue weighted by molar-refractivity contribution is 0.187. The SMILES string of the molecule is Cc1ccccc1CCN1CC(C)CNCC(C)C1. The van der Waals surface area contributed by atoms with Crippen molar-refractivity contribution in [3.05, 3.63) is 35.4 Å². The van der Waals surface area contributed by atoms with Gasteiger partial charge in [0.05, 0.1) is 0 Å². The molecule has 106 valence electrons. The minimum Gasteiger partial charge on any atom is -0.316 e. The molecule has 1 aromatic rings. The highest BCUT2D eigenvalue weighted by Gasteiger charge is 2.17. The van der Waals surface area contributed by atoms with Gasteiger partial charge in [-0.1, -0.05) is 38.1 Å². The third-order valence-electron chi connectivity index (χ3n) is 4.08. The monoisotopic (exact) mass is 260 g/mol. The Morgan fingerprint density at radius 1 is 1.11 bits per heavy atom. The van der Waals surface area contributed by atoms with Gasteiger partial charge < -0.3 is 10.2 Å². The molecule has 0 amide bonds. The summed E-state index contributed by atoms with van der Waals surface area (Å²) >= 11 is 0. The number of hydrogen-bond donors (Lipinski definition) is 1. The molecule has 1 aromatic carbocycles. The van der Waals surface area contributed by atoms with Crippen molar-refractivity contribution in [1.82, 2.24) is 10.2 Å². The fraction of sp³-hybridized carbons (Fsp3) is 0.647. The summed E-state index contributed by atoms with van der Waals surface area (Å²) in [5.74, 6) is 1.51. The molecule has 2 unspecified atom stereocenters. The minimum atomic E-state index is 0.754. The molecule has 2 heteroatoms. The smallest absolute Gasteiger partial charge is 0.00222 e. The van der Waals surface area contributed by atoms with E-state index >= 15 is 0 Å². The first-order chi connectivity index (χ1) is 9.15. The van der Waals surface area contributed by atoms with E-state index in [2.05, 4.69) is 55.3 Å². The number of hydrogen-bond acceptors (Lipinski definition) is 2. The zero-order valence-electron chi connectivity index (χ0n) is 12.7. The van der Waals surface area contributed by atoms with Crippen molar-refractivity contribution >= 4 is 0 Å². The van der Waals surface area contributed by atoms with Crippen molar-refractivity contribution < 1.29 is 0 Å². The predicted molar refractivity (Wildman–Crippen MR) is 82.5 cm³/mol. The number of nitrogens with one attached hydrogen (secondary N) is 1. The van der Waals surface area contributed by atoms with Crippen LogP contribution in [-0.4, -0.2) is 37.6 Å². The van der Waals surface area contributed by atoms with Crippen LogP contribution in [0.25, 0.3) is 0 Å². The Bertz CT molecular complexity index is 377. The number of nitrogens with zero attached hydrogens (tertiary/aromatic N) is 1. The van der Waals surface area contributed by atoms with E-state index < -0.39 is 0 Å². The van der Waals surface area contributed by atoms with Gasteiger partial charge in [0.2, 0.25) is 0 Å². The van der Waals surface area contributed by atoms with Crippen LogP contribution in [0.1, 0.15) is 25.0 Å². The molecule has 0 bridgehead atoms. The lowest BCUT2D eigenvalue weighted by Crippen LogP contribution is -2.43. The average molecular weight is 260 g/mol. The second kappa shape index (κ2) is 7.06. The third-order valence-corrected chi connectivity index (χ3v) is 4.08. The van der Waals surface area contributed by atoms with Crippen LogP contribution in [0, 0.1) is 18.8 Å². The van der Waals surface area contributed by atoms with E-state index in [1.165, 1.54) is 37.2 Å². The molecule has 2 rings (SSSR count). The number of rotatable bonds is 3. The van der Waals surface area contributed by atoms with Gasteiger partial charge in [-0.15, -0.1) is 0 Å². The second-order valence-electron chi connectivity index (χ2n) is 6.30. The normalized spacial score (nSPS) is 25.8. The number of benzene rings is 1. The number of aryl methyl sites for hydroxylation is 1. The lowest BCUT2D eigenvalue weighted by atomic mass is 10.0. The fourth-order valence-corrected chi connectivity index (χ4v) is 3.01. The molecule has 1 aliphatic heterocycles. The standard InChI is InChI=1S/C17H28N2/c1-14-10-18-11-15(2)13-19(12-14)9-8-17-7-5-4-6-16(17)3/h4-7,14-15,18H,8-13H2,1-3H3. The molecular weight excluding hydrogens is 232 g/mol. The van der Waals surface area contributed by atoms with Crippen molar-refractivity contribution in [3.63, 3.8) is 0 Å². The van der Waals surface area contributed by atoms with Crippen LogP contribution >= 0.6 is 0 Å². The van der Waals surface area contributed by atoms with Crippen molar-refractivity contribution in [2.75, 3.05) is 32.7 Å². The molecular formula is C17H28N2. The maximum atomic E-state index is 3.56. The van der Waals surface area contributed by atoms with E-state index in [-0.39, 0.29) is 0 Å². The molecule has 2 nitrogen and oxygen atoms in total. The largest absolute Gasteiger partial charge is 0.316 e. The Morgan fingerprint density at radius 3 is 2.37 bits per heavy atom. The first-order valence-electron chi connectivity index (χ1n) is 7.62. The summed E-state index contributed by atoms with van der Waals surface area (Å²) < 4.78 is 0. The van der Waals surface area contributed by atoms with Gasteiger partial charge in [-0.05, 0) is 49.4 Å². The summed E-state index contributed by atoms with van der Waals surface area (Å²) in [6.45, 7) is 12.9. The first kappa shape index (κ1) is 14.5. The summed E-state index contributed by atoms with van der Waals surface area (Å²) in [6, 6.07) is 8.78. The highest BCUT2D eigenvalue weighted by Crippen LogP contribution is 2.12. The van der Waals surface area contributed by atoms with E-state index in [1.54, 1.807) is 0 Å². The van der Waals surface area contributed by atoms with Gasteiger partial charge in [-0.2, -0.15) is 0 Å². The molecule has 0 aromatic heterocycles. The quantitative estimate of drug-likeness (QED) is 0.899. The topological polar surface area (TPSA) is 15.3 Å². The highest BCUT2D eigenvalue weighted by atomic mass is 15.1. The molecule has 0 spiro atoms. The van der Waals surface area contributed by atoms with Crippen LogP contribution in [0.5, 0.6) is 0 Å². The van der Waals surface area contributed by atoms with Gasteiger partial charge in [0, 0.05) is 19.6 Å². The zero-order chi connectivity index (χ0) is 13.7. The van der Waals surface area contributed by atoms with Gasteiger partial charge in [0.15, 0.2) is 0 Å². The van der Waals surface area contributed by atoms with E-state index in [0.717, 1.165) is 24.9 Å². The summed E-state index contributed by atoms with van der Waals surface area (Å²) in [5, 5.41) is 3.56. The molecule has 1 heterocycles. The maximum absolute atomic E-state index is 3.56. The second-order valence-corrected chi connectivity index (χ2v) is 6.30. The highest BCUT2D eigenvalue weighted by molar-refractivity contribution is 5.25. The Labute approximate surface area is 118 Å². The van der Waals surface area contributed by atoms with Crippen molar-refractivity contribution in [2.24, 2.45) is 11.8 Å². The summed E-state index contributed by atoms with van der Waals surface area (Å²) in [6.07, 6.45) is 1.18. The van der Waals surface area contributed by atoms with E-state index in [4.69, 9.17) is 0 Å².